The number of anilines is 3. The topological polar surface area (TPSA) is 162 Å². The third-order valence-corrected chi connectivity index (χ3v) is 12.1. The minimum atomic E-state index is 0.456. The van der Waals surface area contributed by atoms with E-state index in [4.69, 9.17) is 63.6 Å². The lowest BCUT2D eigenvalue weighted by Gasteiger charge is -2.17. The molecular formula is C54H46Br2Cl4N12. The van der Waals surface area contributed by atoms with Crippen LogP contribution in [0.5, 0.6) is 0 Å². The van der Waals surface area contributed by atoms with Gasteiger partial charge in [-0.25, -0.2) is 0 Å². The summed E-state index contributed by atoms with van der Waals surface area (Å²) in [7, 11) is 3.67. The molecule has 0 saturated heterocycles. The van der Waals surface area contributed by atoms with Crippen LogP contribution in [-0.2, 0) is 6.54 Å². The van der Waals surface area contributed by atoms with Gasteiger partial charge in [-0.15, -0.1) is 15.3 Å². The van der Waals surface area contributed by atoms with E-state index in [1.54, 1.807) is 34.1 Å². The summed E-state index contributed by atoms with van der Waals surface area (Å²) in [6.07, 6.45) is 0. The lowest BCUT2D eigenvalue weighted by atomic mass is 10.2. The van der Waals surface area contributed by atoms with Crippen LogP contribution in [0.3, 0.4) is 0 Å². The van der Waals surface area contributed by atoms with Gasteiger partial charge < -0.3 is 27.0 Å². The van der Waals surface area contributed by atoms with Crippen LogP contribution in [0.25, 0.3) is 0 Å². The van der Waals surface area contributed by atoms with E-state index >= 15 is 0 Å². The van der Waals surface area contributed by atoms with Crippen LogP contribution in [0.15, 0.2) is 179 Å². The molecule has 0 aliphatic rings. The summed E-state index contributed by atoms with van der Waals surface area (Å²) in [5.41, 5.74) is 26.6. The van der Waals surface area contributed by atoms with Crippen molar-refractivity contribution in [3.8, 4) is 36.3 Å². The van der Waals surface area contributed by atoms with Crippen molar-refractivity contribution in [2.75, 3.05) is 28.8 Å². The molecule has 0 amide bonds. The number of hydrogen-bond donors (Lipinski definition) is 3. The molecular weight excluding hydrogens is 1120 g/mol. The molecule has 0 unspecified atom stereocenters. The zero-order valence-electron chi connectivity index (χ0n) is 39.5. The zero-order valence-corrected chi connectivity index (χ0v) is 45.7. The molecule has 6 N–H and O–H groups in total. The molecule has 0 aromatic heterocycles. The first-order valence-corrected chi connectivity index (χ1v) is 24.5. The summed E-state index contributed by atoms with van der Waals surface area (Å²) >= 11 is 31.7. The number of nitrogens with two attached hydrogens (primary N) is 3. The SMILES string of the molecule is Cc1cc(Br)c(N=Nc2ccc(N(C)C#CN)cc2)c(Br)c1.Cc1cc(Cl)c(N=Nc2ccc(N(C#CN)Cc3ccccc3)cc2)c(Cl)c1.Cc1cc(Cl)c(N=Nc2ccc(N(C)C#CN)cc2)c(Cl)c1. The summed E-state index contributed by atoms with van der Waals surface area (Å²) < 4.78 is 1.80. The van der Waals surface area contributed by atoms with Gasteiger partial charge in [-0.3, -0.25) is 4.90 Å². The molecule has 0 bridgehead atoms. The van der Waals surface area contributed by atoms with Gasteiger partial charge in [0.1, 0.15) is 17.1 Å². The smallest absolute Gasteiger partial charge is 0.123 e. The monoisotopic (exact) mass is 1160 g/mol. The van der Waals surface area contributed by atoms with Gasteiger partial charge in [0.2, 0.25) is 0 Å². The Hall–Kier alpha value is -7.06. The van der Waals surface area contributed by atoms with Gasteiger partial charge in [0, 0.05) is 76.4 Å². The van der Waals surface area contributed by atoms with E-state index in [9.17, 15) is 0 Å². The summed E-state index contributed by atoms with van der Waals surface area (Å²) in [5.74, 6) is 0. The highest BCUT2D eigenvalue weighted by Crippen LogP contribution is 2.38. The van der Waals surface area contributed by atoms with Gasteiger partial charge in [0.15, 0.2) is 0 Å². The third kappa shape index (κ3) is 17.1. The molecule has 72 heavy (non-hydrogen) atoms. The van der Waals surface area contributed by atoms with Crippen LogP contribution in [0.4, 0.5) is 51.2 Å². The Balaban J connectivity index is 0.000000203. The molecule has 0 aliphatic heterocycles. The second kappa shape index (κ2) is 28.1. The van der Waals surface area contributed by atoms with E-state index in [-0.39, 0.29) is 0 Å². The Morgan fingerprint density at radius 3 is 1.12 bits per heavy atom. The molecule has 7 aromatic rings. The van der Waals surface area contributed by atoms with E-state index in [1.165, 1.54) is 0 Å². The normalized spacial score (nSPS) is 10.4. The lowest BCUT2D eigenvalue weighted by Crippen LogP contribution is -2.16. The van der Waals surface area contributed by atoms with Gasteiger partial charge in [0.25, 0.3) is 0 Å². The average Bonchev–Trinajstić information content (AvgIpc) is 3.34. The minimum absolute atomic E-state index is 0.456. The minimum Gasteiger partial charge on any atom is -0.358 e. The van der Waals surface area contributed by atoms with E-state index in [1.807, 2.05) is 155 Å². The van der Waals surface area contributed by atoms with Crippen molar-refractivity contribution in [3.63, 3.8) is 0 Å². The van der Waals surface area contributed by atoms with Crippen molar-refractivity contribution in [2.24, 2.45) is 47.9 Å². The average molecular weight is 1160 g/mol. The molecule has 7 aromatic carbocycles. The molecule has 0 saturated carbocycles. The molecule has 0 radical (unpaired) electrons. The van der Waals surface area contributed by atoms with Gasteiger partial charge in [0.05, 0.1) is 43.7 Å². The zero-order chi connectivity index (χ0) is 52.2. The van der Waals surface area contributed by atoms with Crippen LogP contribution in [0, 0.1) is 57.0 Å². The predicted molar refractivity (Wildman–Crippen MR) is 306 cm³/mol. The Kier molecular flexibility index (Phi) is 21.8. The summed E-state index contributed by atoms with van der Waals surface area (Å²) in [4.78, 5) is 5.34. The van der Waals surface area contributed by atoms with Crippen molar-refractivity contribution in [3.05, 3.63) is 191 Å². The van der Waals surface area contributed by atoms with E-state index in [0.29, 0.717) is 49.4 Å². The van der Waals surface area contributed by atoms with Gasteiger partial charge in [-0.2, -0.15) is 15.3 Å². The highest BCUT2D eigenvalue weighted by molar-refractivity contribution is 9.11. The maximum absolute atomic E-state index is 6.21. The van der Waals surface area contributed by atoms with Gasteiger partial charge in [-0.05, 0) is 184 Å². The number of halogens is 6. The molecule has 0 atom stereocenters. The second-order valence-electron chi connectivity index (χ2n) is 15.3. The molecule has 0 spiro atoms. The maximum atomic E-state index is 6.21. The first kappa shape index (κ1) is 55.9. The lowest BCUT2D eigenvalue weighted by molar-refractivity contribution is 0.992. The van der Waals surface area contributed by atoms with Crippen LogP contribution >= 0.6 is 78.3 Å². The number of nitrogens with zero attached hydrogens (tertiary/aromatic N) is 9. The molecule has 0 aliphatic carbocycles. The number of aryl methyl sites for hydroxylation is 3. The molecule has 7 rings (SSSR count). The predicted octanol–water partition coefficient (Wildman–Crippen LogP) is 16.9. The van der Waals surface area contributed by atoms with Crippen molar-refractivity contribution >= 4 is 129 Å². The Labute approximate surface area is 457 Å². The molecule has 364 valence electrons. The fraction of sp³-hybridized carbons (Fsp3) is 0.111. The quantitative estimate of drug-likeness (QED) is 0.0664. The maximum Gasteiger partial charge on any atom is 0.123 e. The van der Waals surface area contributed by atoms with Gasteiger partial charge >= 0.3 is 0 Å². The van der Waals surface area contributed by atoms with Crippen LogP contribution in [0.1, 0.15) is 22.3 Å². The largest absolute Gasteiger partial charge is 0.358 e. The van der Waals surface area contributed by atoms with E-state index < -0.39 is 0 Å². The van der Waals surface area contributed by atoms with Crippen LogP contribution in [0.2, 0.25) is 20.1 Å². The summed E-state index contributed by atoms with van der Waals surface area (Å²) in [5, 5.41) is 27.2. The second-order valence-corrected chi connectivity index (χ2v) is 18.7. The molecule has 18 heteroatoms. The Bertz CT molecular complexity index is 3050. The number of rotatable bonds is 11. The molecule has 0 heterocycles. The van der Waals surface area contributed by atoms with Crippen molar-refractivity contribution in [1.29, 1.82) is 0 Å². The van der Waals surface area contributed by atoms with Crippen molar-refractivity contribution in [1.82, 2.24) is 0 Å². The third-order valence-electron chi connectivity index (χ3n) is 9.76. The number of hydrogen-bond acceptors (Lipinski definition) is 12. The van der Waals surface area contributed by atoms with Crippen LogP contribution < -0.4 is 31.9 Å². The number of benzene rings is 7. The first-order valence-electron chi connectivity index (χ1n) is 21.4. The Morgan fingerprint density at radius 1 is 0.431 bits per heavy atom. The summed E-state index contributed by atoms with van der Waals surface area (Å²) in [6.45, 7) is 6.48. The highest BCUT2D eigenvalue weighted by Gasteiger charge is 2.10. The van der Waals surface area contributed by atoms with Crippen molar-refractivity contribution < 1.29 is 0 Å². The van der Waals surface area contributed by atoms with E-state index in [0.717, 1.165) is 59.6 Å². The molecule has 0 fully saturated rings. The van der Waals surface area contributed by atoms with Crippen molar-refractivity contribution in [2.45, 2.75) is 27.3 Å². The highest BCUT2D eigenvalue weighted by atomic mass is 79.9. The van der Waals surface area contributed by atoms with E-state index in [2.05, 4.69) is 98.8 Å². The summed E-state index contributed by atoms with van der Waals surface area (Å²) in [6, 6.07) is 59.4. The Morgan fingerprint density at radius 2 is 0.764 bits per heavy atom. The molecule has 12 nitrogen and oxygen atoms in total. The fourth-order valence-corrected chi connectivity index (χ4v) is 9.15. The first-order chi connectivity index (χ1) is 34.6. The standard InChI is InChI=1S/C22H18Cl2N4.C16H14Br2N4.C16H14Cl2N4/c1-16-13-20(23)22(21(24)14-16)27-26-18-7-9-19(10-8-18)28(12-11-25)15-17-5-3-2-4-6-17;2*1-11-9-14(17)16(15(18)10-11)21-20-12-3-5-13(6-4-12)22(2)8-7-19/h2-10,13-14H,15,25H2,1H3;2*3-6,9-10H,19H2,1-2H3. The number of azo groups is 3. The fourth-order valence-electron chi connectivity index (χ4n) is 6.23. The van der Waals surface area contributed by atoms with Crippen LogP contribution in [-0.4, -0.2) is 14.1 Å². The van der Waals surface area contributed by atoms with Gasteiger partial charge in [-0.1, -0.05) is 76.7 Å².